The smallest absolute Gasteiger partial charge is 0.251 e. The second-order valence-electron chi connectivity index (χ2n) is 5.57. The van der Waals surface area contributed by atoms with Crippen LogP contribution in [-0.2, 0) is 9.53 Å². The molecule has 1 aromatic rings. The van der Waals surface area contributed by atoms with Crippen molar-refractivity contribution in [3.05, 3.63) is 35.6 Å². The molecule has 0 saturated heterocycles. The molecule has 0 aliphatic heterocycles. The molecule has 22 heavy (non-hydrogen) atoms. The number of rotatable bonds is 7. The summed E-state index contributed by atoms with van der Waals surface area (Å²) in [6.45, 7) is 5.90. The molecule has 2 amide bonds. The van der Waals surface area contributed by atoms with Gasteiger partial charge in [-0.15, -0.1) is 0 Å². The number of amides is 2. The number of benzene rings is 1. The van der Waals surface area contributed by atoms with Crippen LogP contribution in [0.3, 0.4) is 0 Å². The quantitative estimate of drug-likeness (QED) is 0.806. The third kappa shape index (κ3) is 5.44. The lowest BCUT2D eigenvalue weighted by Gasteiger charge is -2.23. The first-order valence-electron chi connectivity index (χ1n) is 7.21. The van der Waals surface area contributed by atoms with E-state index in [-0.39, 0.29) is 17.9 Å². The fourth-order valence-electron chi connectivity index (χ4n) is 1.99. The Morgan fingerprint density at radius 1 is 1.14 bits per heavy atom. The maximum Gasteiger partial charge on any atom is 0.251 e. The minimum atomic E-state index is -0.670. The molecular formula is C16H23FN2O3. The van der Waals surface area contributed by atoms with Gasteiger partial charge in [0.1, 0.15) is 11.9 Å². The maximum atomic E-state index is 12.9. The van der Waals surface area contributed by atoms with Crippen LogP contribution in [0, 0.1) is 11.7 Å². The van der Waals surface area contributed by atoms with Gasteiger partial charge in [-0.05, 0) is 37.1 Å². The van der Waals surface area contributed by atoms with Crippen molar-refractivity contribution in [1.82, 2.24) is 10.6 Å². The Morgan fingerprint density at radius 2 is 1.73 bits per heavy atom. The number of nitrogens with one attached hydrogen (secondary N) is 2. The van der Waals surface area contributed by atoms with Gasteiger partial charge < -0.3 is 15.4 Å². The molecule has 1 rings (SSSR count). The van der Waals surface area contributed by atoms with E-state index in [1.54, 1.807) is 7.11 Å². The van der Waals surface area contributed by atoms with Gasteiger partial charge in [0.2, 0.25) is 5.91 Å². The highest BCUT2D eigenvalue weighted by Gasteiger charge is 2.25. The van der Waals surface area contributed by atoms with E-state index in [1.165, 1.54) is 24.3 Å². The van der Waals surface area contributed by atoms with E-state index in [2.05, 4.69) is 10.6 Å². The summed E-state index contributed by atoms with van der Waals surface area (Å²) >= 11 is 0. The molecule has 2 N–H and O–H groups in total. The fourth-order valence-corrected chi connectivity index (χ4v) is 1.99. The first-order valence-corrected chi connectivity index (χ1v) is 7.21. The summed E-state index contributed by atoms with van der Waals surface area (Å²) in [6, 6.07) is 4.36. The van der Waals surface area contributed by atoms with Crippen LogP contribution in [0.1, 0.15) is 31.1 Å². The Balaban J connectivity index is 2.73. The lowest BCUT2D eigenvalue weighted by molar-refractivity contribution is -0.124. The van der Waals surface area contributed by atoms with Gasteiger partial charge in [0, 0.05) is 18.7 Å². The first kappa shape index (κ1) is 18.1. The zero-order chi connectivity index (χ0) is 16.7. The Labute approximate surface area is 130 Å². The molecule has 0 saturated carbocycles. The van der Waals surface area contributed by atoms with Crippen LogP contribution in [-0.4, -0.2) is 37.6 Å². The van der Waals surface area contributed by atoms with Gasteiger partial charge in [0.25, 0.3) is 5.91 Å². The highest BCUT2D eigenvalue weighted by atomic mass is 19.1. The Bertz CT molecular complexity index is 503. The van der Waals surface area contributed by atoms with Gasteiger partial charge in [0.05, 0.1) is 6.61 Å². The number of carbonyl (C=O) groups excluding carboxylic acids is 2. The molecule has 0 bridgehead atoms. The minimum Gasteiger partial charge on any atom is -0.383 e. The van der Waals surface area contributed by atoms with E-state index >= 15 is 0 Å². The number of hydrogen-bond donors (Lipinski definition) is 2. The van der Waals surface area contributed by atoms with Crippen molar-refractivity contribution < 1.29 is 18.7 Å². The van der Waals surface area contributed by atoms with Gasteiger partial charge >= 0.3 is 0 Å². The Kier molecular flexibility index (Phi) is 6.98. The molecule has 0 fully saturated rings. The van der Waals surface area contributed by atoms with Crippen molar-refractivity contribution in [2.45, 2.75) is 32.9 Å². The summed E-state index contributed by atoms with van der Waals surface area (Å²) in [5.41, 5.74) is 0.310. The van der Waals surface area contributed by atoms with Gasteiger partial charge in [-0.1, -0.05) is 13.8 Å². The van der Waals surface area contributed by atoms with E-state index in [0.717, 1.165) is 0 Å². The van der Waals surface area contributed by atoms with Crippen LogP contribution in [0.5, 0.6) is 0 Å². The van der Waals surface area contributed by atoms with Gasteiger partial charge in [-0.3, -0.25) is 9.59 Å². The summed E-state index contributed by atoms with van der Waals surface area (Å²) in [6.07, 6.45) is 0. The van der Waals surface area contributed by atoms with Gasteiger partial charge in [-0.2, -0.15) is 0 Å². The number of halogens is 1. The van der Waals surface area contributed by atoms with Crippen molar-refractivity contribution in [2.24, 2.45) is 5.92 Å². The molecule has 0 radical (unpaired) electrons. The lowest BCUT2D eigenvalue weighted by Crippen LogP contribution is -2.52. The summed E-state index contributed by atoms with van der Waals surface area (Å²) < 4.78 is 17.8. The zero-order valence-corrected chi connectivity index (χ0v) is 13.4. The van der Waals surface area contributed by atoms with E-state index in [4.69, 9.17) is 4.74 Å². The lowest BCUT2D eigenvalue weighted by atomic mass is 10.0. The maximum absolute atomic E-state index is 12.9. The molecule has 0 spiro atoms. The summed E-state index contributed by atoms with van der Waals surface area (Å²) in [5.74, 6) is -1.18. The molecule has 0 aliphatic rings. The van der Waals surface area contributed by atoms with Crippen LogP contribution in [0.15, 0.2) is 24.3 Å². The monoisotopic (exact) mass is 310 g/mol. The van der Waals surface area contributed by atoms with Crippen molar-refractivity contribution in [1.29, 1.82) is 0 Å². The predicted molar refractivity (Wildman–Crippen MR) is 82.0 cm³/mol. The molecule has 0 heterocycles. The summed E-state index contributed by atoms with van der Waals surface area (Å²) in [4.78, 5) is 24.4. The topological polar surface area (TPSA) is 67.4 Å². The highest BCUT2D eigenvalue weighted by molar-refractivity contribution is 5.97. The van der Waals surface area contributed by atoms with Crippen LogP contribution < -0.4 is 10.6 Å². The molecule has 5 nitrogen and oxygen atoms in total. The number of carbonyl (C=O) groups is 2. The van der Waals surface area contributed by atoms with E-state index in [9.17, 15) is 14.0 Å². The highest BCUT2D eigenvalue weighted by Crippen LogP contribution is 2.07. The zero-order valence-electron chi connectivity index (χ0n) is 13.4. The van der Waals surface area contributed by atoms with Crippen molar-refractivity contribution in [3.63, 3.8) is 0 Å². The average molecular weight is 310 g/mol. The largest absolute Gasteiger partial charge is 0.383 e. The predicted octanol–water partition coefficient (Wildman–Crippen LogP) is 1.73. The standard InChI is InChI=1S/C16H23FN2O3/c1-10(2)14(16(21)18-11(3)9-22-4)19-15(20)12-5-7-13(17)8-6-12/h5-8,10-11,14H,9H2,1-4H3,(H,18,21)(H,19,20). The molecular weight excluding hydrogens is 287 g/mol. The average Bonchev–Trinajstić information content (AvgIpc) is 2.44. The number of hydrogen-bond acceptors (Lipinski definition) is 3. The number of ether oxygens (including phenoxy) is 1. The SMILES string of the molecule is COCC(C)NC(=O)C(NC(=O)c1ccc(F)cc1)C(C)C. The van der Waals surface area contributed by atoms with Crippen LogP contribution in [0.2, 0.25) is 0 Å². The van der Waals surface area contributed by atoms with Crippen molar-refractivity contribution in [2.75, 3.05) is 13.7 Å². The normalized spacial score (nSPS) is 13.5. The second kappa shape index (κ2) is 8.48. The summed E-state index contributed by atoms with van der Waals surface area (Å²) in [5, 5.41) is 5.47. The van der Waals surface area contributed by atoms with Crippen molar-refractivity contribution in [3.8, 4) is 0 Å². The Morgan fingerprint density at radius 3 is 2.23 bits per heavy atom. The van der Waals surface area contributed by atoms with E-state index < -0.39 is 17.8 Å². The Hall–Kier alpha value is -1.95. The van der Waals surface area contributed by atoms with Gasteiger partial charge in [0.15, 0.2) is 0 Å². The second-order valence-corrected chi connectivity index (χ2v) is 5.57. The third-order valence-electron chi connectivity index (χ3n) is 3.15. The van der Waals surface area contributed by atoms with Crippen LogP contribution >= 0.6 is 0 Å². The van der Waals surface area contributed by atoms with E-state index in [0.29, 0.717) is 12.2 Å². The number of methoxy groups -OCH3 is 1. The molecule has 1 aromatic carbocycles. The van der Waals surface area contributed by atoms with Crippen LogP contribution in [0.4, 0.5) is 4.39 Å². The van der Waals surface area contributed by atoms with Crippen molar-refractivity contribution >= 4 is 11.8 Å². The summed E-state index contributed by atoms with van der Waals surface area (Å²) in [7, 11) is 1.55. The molecule has 2 atom stereocenters. The molecule has 0 aromatic heterocycles. The third-order valence-corrected chi connectivity index (χ3v) is 3.15. The molecule has 6 heteroatoms. The molecule has 0 aliphatic carbocycles. The van der Waals surface area contributed by atoms with Gasteiger partial charge in [-0.25, -0.2) is 4.39 Å². The fraction of sp³-hybridized carbons (Fsp3) is 0.500. The first-order chi connectivity index (χ1) is 10.3. The van der Waals surface area contributed by atoms with Crippen LogP contribution in [0.25, 0.3) is 0 Å². The molecule has 122 valence electrons. The van der Waals surface area contributed by atoms with E-state index in [1.807, 2.05) is 20.8 Å². The minimum absolute atomic E-state index is 0.0841. The molecule has 2 unspecified atom stereocenters.